The highest BCUT2D eigenvalue weighted by molar-refractivity contribution is 5.83. The number of halogens is 1. The summed E-state index contributed by atoms with van der Waals surface area (Å²) in [5.74, 6) is 1.32. The predicted molar refractivity (Wildman–Crippen MR) is 99.5 cm³/mol. The van der Waals surface area contributed by atoms with Crippen LogP contribution in [0, 0.1) is 12.7 Å². The summed E-state index contributed by atoms with van der Waals surface area (Å²) >= 11 is 0. The van der Waals surface area contributed by atoms with Crippen molar-refractivity contribution in [3.05, 3.63) is 35.3 Å². The fourth-order valence-corrected chi connectivity index (χ4v) is 3.30. The van der Waals surface area contributed by atoms with Gasteiger partial charge in [-0.15, -0.1) is 0 Å². The van der Waals surface area contributed by atoms with Crippen molar-refractivity contribution in [1.82, 2.24) is 15.5 Å². The van der Waals surface area contributed by atoms with Crippen LogP contribution in [0.1, 0.15) is 31.1 Å². The number of nitrogens with one attached hydrogen (secondary N) is 2. The molecular formula is C19H25FN4O2. The third-order valence-corrected chi connectivity index (χ3v) is 4.92. The first-order chi connectivity index (χ1) is 12.5. The maximum absolute atomic E-state index is 13.4. The molecule has 6 nitrogen and oxygen atoms in total. The molecule has 0 atom stereocenters. The molecule has 26 heavy (non-hydrogen) atoms. The van der Waals surface area contributed by atoms with Gasteiger partial charge in [0.05, 0.1) is 6.54 Å². The average molecular weight is 360 g/mol. The maximum atomic E-state index is 13.4. The highest BCUT2D eigenvalue weighted by atomic mass is 19.1. The molecule has 0 unspecified atom stereocenters. The summed E-state index contributed by atoms with van der Waals surface area (Å²) in [7, 11) is 1.72. The number of piperidine rings is 1. The molecule has 2 N–H and O–H groups in total. The molecule has 2 heterocycles. The Morgan fingerprint density at radius 2 is 2.12 bits per heavy atom. The number of furan rings is 1. The fourth-order valence-electron chi connectivity index (χ4n) is 3.30. The van der Waals surface area contributed by atoms with Crippen LogP contribution in [0.3, 0.4) is 0 Å². The number of likely N-dealkylation sites (tertiary alicyclic amines) is 1. The van der Waals surface area contributed by atoms with E-state index in [-0.39, 0.29) is 17.8 Å². The van der Waals surface area contributed by atoms with Crippen LogP contribution in [-0.4, -0.2) is 42.9 Å². The first-order valence-corrected chi connectivity index (χ1v) is 8.88. The van der Waals surface area contributed by atoms with Crippen molar-refractivity contribution < 1.29 is 13.6 Å². The molecule has 1 amide bonds. The molecule has 1 aliphatic heterocycles. The van der Waals surface area contributed by atoms with Crippen molar-refractivity contribution in [2.75, 3.05) is 20.1 Å². The largest absolute Gasteiger partial charge is 0.459 e. The minimum Gasteiger partial charge on any atom is -0.459 e. The highest BCUT2D eigenvalue weighted by Crippen LogP contribution is 2.25. The molecule has 3 rings (SSSR count). The molecule has 0 bridgehead atoms. The minimum atomic E-state index is -0.268. The number of carbonyl (C=O) groups is 1. The molecule has 0 radical (unpaired) electrons. The molecule has 7 heteroatoms. The number of nitrogens with zero attached hydrogens (tertiary/aromatic N) is 2. The Morgan fingerprint density at radius 1 is 1.38 bits per heavy atom. The maximum Gasteiger partial charge on any atom is 0.219 e. The van der Waals surface area contributed by atoms with Gasteiger partial charge in [-0.25, -0.2) is 4.39 Å². The zero-order valence-corrected chi connectivity index (χ0v) is 15.4. The monoisotopic (exact) mass is 360 g/mol. The third-order valence-electron chi connectivity index (χ3n) is 4.92. The Bertz CT molecular complexity index is 822. The summed E-state index contributed by atoms with van der Waals surface area (Å²) in [6.45, 7) is 5.52. The van der Waals surface area contributed by atoms with E-state index in [1.54, 1.807) is 20.0 Å². The molecule has 2 aromatic rings. The van der Waals surface area contributed by atoms with Gasteiger partial charge in [-0.1, -0.05) is 0 Å². The number of carbonyl (C=O) groups excluding carboxylic acids is 1. The number of aliphatic imine (C=N–C) groups is 1. The predicted octanol–water partition coefficient (Wildman–Crippen LogP) is 2.56. The third kappa shape index (κ3) is 3.98. The van der Waals surface area contributed by atoms with Crippen LogP contribution in [0.4, 0.5) is 4.39 Å². The van der Waals surface area contributed by atoms with Crippen LogP contribution in [-0.2, 0) is 11.3 Å². The lowest BCUT2D eigenvalue weighted by Gasteiger charge is -2.32. The fraction of sp³-hybridized carbons (Fsp3) is 0.474. The van der Waals surface area contributed by atoms with Crippen LogP contribution in [0.25, 0.3) is 11.0 Å². The topological polar surface area (TPSA) is 69.9 Å². The first kappa shape index (κ1) is 18.2. The number of fused-ring (bicyclic) bond motifs is 1. The lowest BCUT2D eigenvalue weighted by molar-refractivity contribution is -0.129. The van der Waals surface area contributed by atoms with Gasteiger partial charge in [0.25, 0.3) is 0 Å². The number of hydrogen-bond acceptors (Lipinski definition) is 3. The highest BCUT2D eigenvalue weighted by Gasteiger charge is 2.21. The van der Waals surface area contributed by atoms with Crippen molar-refractivity contribution in [2.24, 2.45) is 4.99 Å². The molecule has 1 aromatic carbocycles. The molecule has 140 valence electrons. The lowest BCUT2D eigenvalue weighted by Crippen LogP contribution is -2.49. The first-order valence-electron chi connectivity index (χ1n) is 8.88. The Morgan fingerprint density at radius 3 is 2.77 bits per heavy atom. The van der Waals surface area contributed by atoms with Gasteiger partial charge in [-0.2, -0.15) is 0 Å². The molecule has 1 saturated heterocycles. The van der Waals surface area contributed by atoms with Gasteiger partial charge < -0.3 is 20.0 Å². The van der Waals surface area contributed by atoms with E-state index in [9.17, 15) is 9.18 Å². The number of guanidine groups is 1. The van der Waals surface area contributed by atoms with E-state index in [0.29, 0.717) is 18.1 Å². The summed E-state index contributed by atoms with van der Waals surface area (Å²) in [6, 6.07) is 4.82. The zero-order valence-electron chi connectivity index (χ0n) is 15.4. The summed E-state index contributed by atoms with van der Waals surface area (Å²) < 4.78 is 19.2. The SMILES string of the molecule is CN=C(NCc1oc2ccc(F)cc2c1C)NC1CCN(C(C)=O)CC1. The molecule has 0 spiro atoms. The molecule has 0 aliphatic carbocycles. The Kier molecular flexibility index (Phi) is 5.44. The van der Waals surface area contributed by atoms with Crippen molar-refractivity contribution >= 4 is 22.8 Å². The van der Waals surface area contributed by atoms with E-state index >= 15 is 0 Å². The van der Waals surface area contributed by atoms with Crippen molar-refractivity contribution in [2.45, 2.75) is 39.3 Å². The minimum absolute atomic E-state index is 0.128. The van der Waals surface area contributed by atoms with E-state index in [1.807, 2.05) is 11.8 Å². The van der Waals surface area contributed by atoms with E-state index in [2.05, 4.69) is 15.6 Å². The van der Waals surface area contributed by atoms with Gasteiger partial charge in [0.1, 0.15) is 17.2 Å². The van der Waals surface area contributed by atoms with Crippen LogP contribution in [0.2, 0.25) is 0 Å². The second-order valence-electron chi connectivity index (χ2n) is 6.64. The summed E-state index contributed by atoms with van der Waals surface area (Å²) in [5.41, 5.74) is 1.61. The normalized spacial score (nSPS) is 16.2. The van der Waals surface area contributed by atoms with E-state index < -0.39 is 0 Å². The van der Waals surface area contributed by atoms with Gasteiger partial charge in [0, 0.05) is 44.1 Å². The molecular weight excluding hydrogens is 335 g/mol. The molecule has 1 aliphatic rings. The van der Waals surface area contributed by atoms with Gasteiger partial charge >= 0.3 is 0 Å². The van der Waals surface area contributed by atoms with Crippen LogP contribution < -0.4 is 10.6 Å². The van der Waals surface area contributed by atoms with E-state index in [1.165, 1.54) is 12.1 Å². The quantitative estimate of drug-likeness (QED) is 0.652. The van der Waals surface area contributed by atoms with Gasteiger partial charge in [-0.3, -0.25) is 9.79 Å². The smallest absolute Gasteiger partial charge is 0.219 e. The molecule has 1 aromatic heterocycles. The van der Waals surface area contributed by atoms with Crippen molar-refractivity contribution in [1.29, 1.82) is 0 Å². The van der Waals surface area contributed by atoms with Gasteiger partial charge in [0.2, 0.25) is 5.91 Å². The summed E-state index contributed by atoms with van der Waals surface area (Å²) in [5, 5.41) is 7.44. The van der Waals surface area contributed by atoms with Crippen LogP contribution in [0.5, 0.6) is 0 Å². The summed E-state index contributed by atoms with van der Waals surface area (Å²) in [6.07, 6.45) is 1.78. The van der Waals surface area contributed by atoms with Crippen LogP contribution >= 0.6 is 0 Å². The van der Waals surface area contributed by atoms with E-state index in [0.717, 1.165) is 42.6 Å². The standard InChI is InChI=1S/C19H25FN4O2/c1-12-16-10-14(20)4-5-17(16)26-18(12)11-22-19(21-3)23-15-6-8-24(9-7-15)13(2)25/h4-5,10,15H,6-9,11H2,1-3H3,(H2,21,22,23). The number of benzene rings is 1. The zero-order chi connectivity index (χ0) is 18.7. The number of rotatable bonds is 3. The Hall–Kier alpha value is -2.57. The van der Waals surface area contributed by atoms with Crippen molar-refractivity contribution in [3.63, 3.8) is 0 Å². The Labute approximate surface area is 152 Å². The lowest BCUT2D eigenvalue weighted by atomic mass is 10.1. The van der Waals surface area contributed by atoms with Gasteiger partial charge in [0.15, 0.2) is 5.96 Å². The second-order valence-corrected chi connectivity index (χ2v) is 6.64. The van der Waals surface area contributed by atoms with Crippen LogP contribution in [0.15, 0.2) is 27.6 Å². The Balaban J connectivity index is 1.58. The average Bonchev–Trinajstić information content (AvgIpc) is 2.94. The van der Waals surface area contributed by atoms with Crippen molar-refractivity contribution in [3.8, 4) is 0 Å². The molecule has 0 saturated carbocycles. The number of aryl methyl sites for hydroxylation is 1. The van der Waals surface area contributed by atoms with Gasteiger partial charge in [-0.05, 0) is 38.0 Å². The summed E-state index contributed by atoms with van der Waals surface area (Å²) in [4.78, 5) is 17.5. The number of amides is 1. The van der Waals surface area contributed by atoms with E-state index in [4.69, 9.17) is 4.42 Å². The second kappa shape index (κ2) is 7.76. The number of hydrogen-bond donors (Lipinski definition) is 2. The molecule has 1 fully saturated rings.